The Morgan fingerprint density at radius 2 is 2.24 bits per heavy atom. The highest BCUT2D eigenvalue weighted by molar-refractivity contribution is 5.55. The molecule has 21 heavy (non-hydrogen) atoms. The van der Waals surface area contributed by atoms with Gasteiger partial charge in [0.15, 0.2) is 11.6 Å². The van der Waals surface area contributed by atoms with Crippen molar-refractivity contribution in [3.8, 4) is 11.8 Å². The third-order valence-corrected chi connectivity index (χ3v) is 3.21. The number of halogens is 1. The topological polar surface area (TPSA) is 68.9 Å². The molecule has 5 heteroatoms. The van der Waals surface area contributed by atoms with E-state index < -0.39 is 12.2 Å². The second-order valence-electron chi connectivity index (χ2n) is 5.14. The maximum Gasteiger partial charge on any atom is 0.169 e. The number of rotatable bonds is 7. The number of hydrogen-bond acceptors (Lipinski definition) is 4. The monoisotopic (exact) mass is 291 g/mol. The number of allylic oxidation sites excluding steroid dienone is 1. The van der Waals surface area contributed by atoms with Crippen molar-refractivity contribution in [1.29, 1.82) is 5.26 Å². The van der Waals surface area contributed by atoms with Gasteiger partial charge in [-0.25, -0.2) is 9.37 Å². The Kier molecular flexibility index (Phi) is 6.67. The molecule has 0 bridgehead atoms. The van der Waals surface area contributed by atoms with Crippen LogP contribution in [0.5, 0.6) is 5.75 Å². The minimum absolute atomic E-state index is 0.0505. The molecule has 0 aromatic carbocycles. The van der Waals surface area contributed by atoms with Crippen molar-refractivity contribution in [1.82, 2.24) is 4.98 Å². The highest BCUT2D eigenvalue weighted by atomic mass is 19.1. The largest absolute Gasteiger partial charge is 0.504 e. The third-order valence-electron chi connectivity index (χ3n) is 3.21. The highest BCUT2D eigenvalue weighted by Gasteiger charge is 2.19. The Hall–Kier alpha value is -2.09. The van der Waals surface area contributed by atoms with Gasteiger partial charge in [-0.3, -0.25) is 0 Å². The predicted octanol–water partition coefficient (Wildman–Crippen LogP) is 3.91. The molecule has 0 amide bonds. The molecule has 0 saturated heterocycles. The molecular weight excluding hydrogens is 269 g/mol. The van der Waals surface area contributed by atoms with Crippen LogP contribution in [0.3, 0.4) is 0 Å². The fourth-order valence-corrected chi connectivity index (χ4v) is 1.98. The van der Waals surface area contributed by atoms with Crippen molar-refractivity contribution in [2.45, 2.75) is 51.7 Å². The average Bonchev–Trinajstić information content (AvgIpc) is 2.47. The van der Waals surface area contributed by atoms with Crippen LogP contribution in [0.1, 0.15) is 45.1 Å². The molecule has 0 saturated carbocycles. The second kappa shape index (κ2) is 8.25. The van der Waals surface area contributed by atoms with Crippen molar-refractivity contribution in [3.63, 3.8) is 0 Å². The Balaban J connectivity index is 2.98. The summed E-state index contributed by atoms with van der Waals surface area (Å²) < 4.78 is 14.0. The summed E-state index contributed by atoms with van der Waals surface area (Å²) in [4.78, 5) is 4.08. The van der Waals surface area contributed by atoms with Crippen molar-refractivity contribution in [3.05, 3.63) is 30.0 Å². The van der Waals surface area contributed by atoms with Crippen molar-refractivity contribution in [2.75, 3.05) is 5.32 Å². The third kappa shape index (κ3) is 4.75. The van der Waals surface area contributed by atoms with Gasteiger partial charge in [0.1, 0.15) is 6.17 Å². The van der Waals surface area contributed by atoms with E-state index in [1.54, 1.807) is 31.3 Å². The molecule has 2 unspecified atom stereocenters. The van der Waals surface area contributed by atoms with Gasteiger partial charge in [-0.1, -0.05) is 32.9 Å². The molecule has 1 aromatic rings. The van der Waals surface area contributed by atoms with Crippen molar-refractivity contribution in [2.24, 2.45) is 0 Å². The molecule has 2 N–H and O–H groups in total. The normalized spacial score (nSPS) is 14.1. The minimum Gasteiger partial charge on any atom is -0.504 e. The first-order valence-corrected chi connectivity index (χ1v) is 7.13. The smallest absolute Gasteiger partial charge is 0.169 e. The van der Waals surface area contributed by atoms with E-state index in [0.29, 0.717) is 6.42 Å². The number of pyridine rings is 1. The summed E-state index contributed by atoms with van der Waals surface area (Å²) in [6, 6.07) is 3.10. The molecule has 1 aromatic heterocycles. The van der Waals surface area contributed by atoms with E-state index in [4.69, 9.17) is 5.26 Å². The molecule has 0 fully saturated rings. The summed E-state index contributed by atoms with van der Waals surface area (Å²) in [7, 11) is 0. The number of anilines is 1. The van der Waals surface area contributed by atoms with E-state index >= 15 is 0 Å². The zero-order valence-corrected chi connectivity index (χ0v) is 12.7. The lowest BCUT2D eigenvalue weighted by molar-refractivity contribution is 0.308. The zero-order valence-electron chi connectivity index (χ0n) is 12.7. The Morgan fingerprint density at radius 3 is 2.81 bits per heavy atom. The van der Waals surface area contributed by atoms with Crippen LogP contribution < -0.4 is 5.32 Å². The van der Waals surface area contributed by atoms with E-state index in [1.807, 2.05) is 19.9 Å². The standard InChI is InChI=1S/C16H22FN3O/c1-4-13(17)14(7-5-6-9-18)20-16-15(21)12(11(2)3)8-10-19-16/h5,7-8,10-11,13-14,21H,4,6H2,1-3H3,(H,19,20)/b7-5-. The summed E-state index contributed by atoms with van der Waals surface area (Å²) in [5, 5.41) is 21.7. The number of nitrogens with zero attached hydrogens (tertiary/aromatic N) is 2. The molecule has 114 valence electrons. The van der Waals surface area contributed by atoms with E-state index in [2.05, 4.69) is 10.3 Å². The lowest BCUT2D eigenvalue weighted by atomic mass is 10.0. The molecule has 0 aliphatic rings. The van der Waals surface area contributed by atoms with Crippen LogP contribution in [0.15, 0.2) is 24.4 Å². The van der Waals surface area contributed by atoms with Crippen molar-refractivity contribution < 1.29 is 9.50 Å². The van der Waals surface area contributed by atoms with Gasteiger partial charge in [0, 0.05) is 11.8 Å². The van der Waals surface area contributed by atoms with E-state index in [0.717, 1.165) is 5.56 Å². The number of nitrogens with one attached hydrogen (secondary N) is 1. The number of alkyl halides is 1. The van der Waals surface area contributed by atoms with Gasteiger partial charge >= 0.3 is 0 Å². The molecule has 0 aliphatic carbocycles. The summed E-state index contributed by atoms with van der Waals surface area (Å²) >= 11 is 0. The van der Waals surface area contributed by atoms with Crippen LogP contribution in [0.4, 0.5) is 10.2 Å². The molecule has 0 spiro atoms. The zero-order chi connectivity index (χ0) is 15.8. The lowest BCUT2D eigenvalue weighted by Crippen LogP contribution is -2.28. The summed E-state index contributed by atoms with van der Waals surface area (Å²) in [5.74, 6) is 0.465. The van der Waals surface area contributed by atoms with Gasteiger partial charge in [-0.2, -0.15) is 5.26 Å². The Morgan fingerprint density at radius 1 is 1.52 bits per heavy atom. The van der Waals surface area contributed by atoms with E-state index in [1.165, 1.54) is 0 Å². The molecular formula is C16H22FN3O. The Bertz CT molecular complexity index is 523. The minimum atomic E-state index is -1.12. The predicted molar refractivity (Wildman–Crippen MR) is 82.0 cm³/mol. The quantitative estimate of drug-likeness (QED) is 0.747. The number of nitriles is 1. The summed E-state index contributed by atoms with van der Waals surface area (Å²) in [6.07, 6.45) is 4.25. The van der Waals surface area contributed by atoms with Crippen LogP contribution in [-0.2, 0) is 0 Å². The number of aromatic nitrogens is 1. The molecule has 1 heterocycles. The van der Waals surface area contributed by atoms with E-state index in [9.17, 15) is 9.50 Å². The maximum absolute atomic E-state index is 14.0. The molecule has 0 radical (unpaired) electrons. The van der Waals surface area contributed by atoms with Gasteiger partial charge in [0.25, 0.3) is 0 Å². The average molecular weight is 291 g/mol. The maximum atomic E-state index is 14.0. The highest BCUT2D eigenvalue weighted by Crippen LogP contribution is 2.31. The fraction of sp³-hybridized carbons (Fsp3) is 0.500. The molecule has 0 aliphatic heterocycles. The molecule has 2 atom stereocenters. The van der Waals surface area contributed by atoms with Gasteiger partial charge < -0.3 is 10.4 Å². The Labute approximate surface area is 125 Å². The first-order valence-electron chi connectivity index (χ1n) is 7.13. The van der Waals surface area contributed by atoms with Crippen LogP contribution in [0, 0.1) is 11.3 Å². The van der Waals surface area contributed by atoms with Gasteiger partial charge in [0.05, 0.1) is 18.5 Å². The summed E-state index contributed by atoms with van der Waals surface area (Å²) in [6.45, 7) is 5.68. The van der Waals surface area contributed by atoms with Gasteiger partial charge in [-0.15, -0.1) is 0 Å². The van der Waals surface area contributed by atoms with Gasteiger partial charge in [0.2, 0.25) is 0 Å². The van der Waals surface area contributed by atoms with Gasteiger partial charge in [-0.05, 0) is 18.4 Å². The van der Waals surface area contributed by atoms with Crippen LogP contribution >= 0.6 is 0 Å². The molecule has 1 rings (SSSR count). The fourth-order valence-electron chi connectivity index (χ4n) is 1.98. The second-order valence-corrected chi connectivity index (χ2v) is 5.14. The van der Waals surface area contributed by atoms with Crippen LogP contribution in [-0.4, -0.2) is 22.3 Å². The molecule has 4 nitrogen and oxygen atoms in total. The van der Waals surface area contributed by atoms with Crippen LogP contribution in [0.2, 0.25) is 0 Å². The van der Waals surface area contributed by atoms with E-state index in [-0.39, 0.29) is 23.9 Å². The SMILES string of the molecule is CCC(F)C(/C=C\CC#N)Nc1nccc(C(C)C)c1O. The summed E-state index contributed by atoms with van der Waals surface area (Å²) in [5.41, 5.74) is 0.763. The number of hydrogen-bond donors (Lipinski definition) is 2. The first kappa shape index (κ1) is 17.0. The first-order chi connectivity index (χ1) is 10.0. The van der Waals surface area contributed by atoms with Crippen molar-refractivity contribution >= 4 is 5.82 Å². The van der Waals surface area contributed by atoms with Crippen LogP contribution in [0.25, 0.3) is 0 Å². The number of aromatic hydroxyl groups is 1. The lowest BCUT2D eigenvalue weighted by Gasteiger charge is -2.20.